The smallest absolute Gasteiger partial charge is 0.157 e. The minimum Gasteiger partial charge on any atom is -0.387 e. The van der Waals surface area contributed by atoms with E-state index in [4.69, 9.17) is 5.73 Å². The highest BCUT2D eigenvalue weighted by atomic mass is 16.3. The maximum atomic E-state index is 9.75. The lowest BCUT2D eigenvalue weighted by molar-refractivity contribution is 0.186. The topological polar surface area (TPSA) is 77.0 Å². The van der Waals surface area contributed by atoms with Crippen molar-refractivity contribution in [3.63, 3.8) is 0 Å². The van der Waals surface area contributed by atoms with E-state index in [0.717, 1.165) is 22.3 Å². The summed E-state index contributed by atoms with van der Waals surface area (Å²) in [5.41, 5.74) is 8.22. The number of aliphatic hydroxyl groups excluding tert-OH is 1. The van der Waals surface area contributed by atoms with Crippen LogP contribution in [-0.4, -0.2) is 26.4 Å². The van der Waals surface area contributed by atoms with Gasteiger partial charge in [-0.2, -0.15) is 5.10 Å². The zero-order valence-electron chi connectivity index (χ0n) is 9.80. The summed E-state index contributed by atoms with van der Waals surface area (Å²) in [6.07, 6.45) is 3.45. The van der Waals surface area contributed by atoms with E-state index in [2.05, 4.69) is 10.1 Å². The third-order valence-electron chi connectivity index (χ3n) is 3.30. The molecule has 2 aromatic heterocycles. The van der Waals surface area contributed by atoms with Crippen LogP contribution in [0.2, 0.25) is 0 Å². The number of rotatable bonds is 3. The highest BCUT2D eigenvalue weighted by Gasteiger charge is 2.29. The molecule has 1 aliphatic rings. The van der Waals surface area contributed by atoms with Crippen LogP contribution in [0.1, 0.15) is 36.1 Å². The number of aromatic nitrogens is 3. The molecule has 1 saturated carbocycles. The molecule has 17 heavy (non-hydrogen) atoms. The fraction of sp³-hybridized carbons (Fsp3) is 0.500. The molecule has 1 aliphatic carbocycles. The Morgan fingerprint density at radius 2 is 2.35 bits per heavy atom. The molecule has 1 atom stereocenters. The van der Waals surface area contributed by atoms with Crippen molar-refractivity contribution >= 4 is 11.0 Å². The molecule has 1 fully saturated rings. The Morgan fingerprint density at radius 3 is 3.00 bits per heavy atom. The van der Waals surface area contributed by atoms with Crippen LogP contribution >= 0.6 is 0 Å². The predicted molar refractivity (Wildman–Crippen MR) is 64.5 cm³/mol. The largest absolute Gasteiger partial charge is 0.387 e. The average Bonchev–Trinajstić information content (AvgIpc) is 3.14. The Balaban J connectivity index is 2.15. The first-order valence-electron chi connectivity index (χ1n) is 5.91. The van der Waals surface area contributed by atoms with Gasteiger partial charge in [0.15, 0.2) is 5.65 Å². The third kappa shape index (κ3) is 1.71. The zero-order valence-corrected chi connectivity index (χ0v) is 9.80. The van der Waals surface area contributed by atoms with Crippen LogP contribution in [0.25, 0.3) is 11.0 Å². The quantitative estimate of drug-likeness (QED) is 0.822. The van der Waals surface area contributed by atoms with Gasteiger partial charge in [-0.1, -0.05) is 0 Å². The van der Waals surface area contributed by atoms with Gasteiger partial charge < -0.3 is 10.8 Å². The first-order valence-corrected chi connectivity index (χ1v) is 5.91. The number of hydrogen-bond donors (Lipinski definition) is 2. The first kappa shape index (κ1) is 10.7. The normalized spacial score (nSPS) is 17.6. The van der Waals surface area contributed by atoms with Gasteiger partial charge >= 0.3 is 0 Å². The van der Waals surface area contributed by atoms with Gasteiger partial charge in [0.1, 0.15) is 0 Å². The molecule has 0 spiro atoms. The maximum Gasteiger partial charge on any atom is 0.157 e. The lowest BCUT2D eigenvalue weighted by atomic mass is 10.1. The van der Waals surface area contributed by atoms with Crippen LogP contribution in [-0.2, 0) is 7.05 Å². The van der Waals surface area contributed by atoms with Gasteiger partial charge in [-0.3, -0.25) is 4.68 Å². The van der Waals surface area contributed by atoms with Gasteiger partial charge in [-0.15, -0.1) is 0 Å². The first-order chi connectivity index (χ1) is 8.20. The van der Waals surface area contributed by atoms with Crippen LogP contribution in [0.3, 0.4) is 0 Å². The molecular weight excluding hydrogens is 216 g/mol. The average molecular weight is 232 g/mol. The summed E-state index contributed by atoms with van der Waals surface area (Å²) >= 11 is 0. The van der Waals surface area contributed by atoms with Crippen LogP contribution in [0.5, 0.6) is 0 Å². The van der Waals surface area contributed by atoms with Crippen molar-refractivity contribution in [2.75, 3.05) is 6.54 Å². The Bertz CT molecular complexity index is 559. The fourth-order valence-corrected chi connectivity index (χ4v) is 2.16. The SMILES string of the molecule is Cn1nc(C2CC2)c2cc(C(O)CN)cnc21. The van der Waals surface area contributed by atoms with Crippen LogP contribution < -0.4 is 5.73 Å². The molecule has 2 heterocycles. The molecule has 0 radical (unpaired) electrons. The van der Waals surface area contributed by atoms with Crippen molar-refractivity contribution in [2.45, 2.75) is 24.9 Å². The van der Waals surface area contributed by atoms with Crippen molar-refractivity contribution < 1.29 is 5.11 Å². The van der Waals surface area contributed by atoms with Gasteiger partial charge in [0.25, 0.3) is 0 Å². The monoisotopic (exact) mass is 232 g/mol. The fourth-order valence-electron chi connectivity index (χ4n) is 2.16. The number of fused-ring (bicyclic) bond motifs is 1. The molecule has 5 nitrogen and oxygen atoms in total. The van der Waals surface area contributed by atoms with Gasteiger partial charge in [-0.25, -0.2) is 4.98 Å². The number of pyridine rings is 1. The molecule has 5 heteroatoms. The molecule has 1 unspecified atom stereocenters. The summed E-state index contributed by atoms with van der Waals surface area (Å²) in [5.74, 6) is 0.575. The molecular formula is C12H16N4O. The van der Waals surface area contributed by atoms with Crippen LogP contribution in [0.4, 0.5) is 0 Å². The minimum atomic E-state index is -0.640. The highest BCUT2D eigenvalue weighted by Crippen LogP contribution is 2.42. The Morgan fingerprint density at radius 1 is 1.59 bits per heavy atom. The Hall–Kier alpha value is -1.46. The number of aryl methyl sites for hydroxylation is 1. The van der Waals surface area contributed by atoms with E-state index in [9.17, 15) is 5.11 Å². The Kier molecular flexibility index (Phi) is 2.38. The van der Waals surface area contributed by atoms with Crippen LogP contribution in [0, 0.1) is 0 Å². The van der Waals surface area contributed by atoms with Crippen molar-refractivity contribution in [1.82, 2.24) is 14.8 Å². The predicted octanol–water partition coefficient (Wildman–Crippen LogP) is 0.838. The second-order valence-electron chi connectivity index (χ2n) is 4.67. The van der Waals surface area contributed by atoms with E-state index in [1.165, 1.54) is 12.8 Å². The second kappa shape index (κ2) is 3.78. The van der Waals surface area contributed by atoms with E-state index in [1.807, 2.05) is 17.8 Å². The number of hydrogen-bond acceptors (Lipinski definition) is 4. The van der Waals surface area contributed by atoms with Gasteiger partial charge in [0.05, 0.1) is 11.8 Å². The van der Waals surface area contributed by atoms with Gasteiger partial charge in [0.2, 0.25) is 0 Å². The molecule has 0 aliphatic heterocycles. The van der Waals surface area contributed by atoms with Crippen molar-refractivity contribution in [1.29, 1.82) is 0 Å². The van der Waals surface area contributed by atoms with Gasteiger partial charge in [0, 0.05) is 36.7 Å². The molecule has 0 bridgehead atoms. The molecule has 3 N–H and O–H groups in total. The molecule has 90 valence electrons. The van der Waals surface area contributed by atoms with Crippen molar-refractivity contribution in [2.24, 2.45) is 12.8 Å². The third-order valence-corrected chi connectivity index (χ3v) is 3.30. The van der Waals surface area contributed by atoms with E-state index >= 15 is 0 Å². The van der Waals surface area contributed by atoms with E-state index in [-0.39, 0.29) is 6.54 Å². The number of aliphatic hydroxyl groups is 1. The van der Waals surface area contributed by atoms with E-state index < -0.39 is 6.10 Å². The summed E-state index contributed by atoms with van der Waals surface area (Å²) in [6, 6.07) is 1.97. The number of nitrogens with zero attached hydrogens (tertiary/aromatic N) is 3. The molecule has 0 amide bonds. The zero-order chi connectivity index (χ0) is 12.0. The minimum absolute atomic E-state index is 0.214. The lowest BCUT2D eigenvalue weighted by Gasteiger charge is -2.07. The second-order valence-corrected chi connectivity index (χ2v) is 4.67. The summed E-state index contributed by atoms with van der Waals surface area (Å²) in [6.45, 7) is 0.214. The van der Waals surface area contributed by atoms with Crippen molar-refractivity contribution in [3.05, 3.63) is 23.5 Å². The summed E-state index contributed by atoms with van der Waals surface area (Å²) < 4.78 is 1.81. The lowest BCUT2D eigenvalue weighted by Crippen LogP contribution is -2.11. The summed E-state index contributed by atoms with van der Waals surface area (Å²) in [5, 5.41) is 15.3. The number of nitrogens with two attached hydrogens (primary N) is 1. The summed E-state index contributed by atoms with van der Waals surface area (Å²) in [7, 11) is 1.90. The molecule has 0 saturated heterocycles. The molecule has 2 aromatic rings. The highest BCUT2D eigenvalue weighted by molar-refractivity contribution is 5.80. The van der Waals surface area contributed by atoms with Crippen molar-refractivity contribution in [3.8, 4) is 0 Å². The van der Waals surface area contributed by atoms with E-state index in [1.54, 1.807) is 6.20 Å². The van der Waals surface area contributed by atoms with E-state index in [0.29, 0.717) is 5.92 Å². The molecule has 0 aromatic carbocycles. The molecule has 3 rings (SSSR count). The van der Waals surface area contributed by atoms with Crippen LogP contribution in [0.15, 0.2) is 12.3 Å². The Labute approximate surface area is 99.3 Å². The maximum absolute atomic E-state index is 9.75. The summed E-state index contributed by atoms with van der Waals surface area (Å²) in [4.78, 5) is 4.37. The standard InChI is InChI=1S/C12H16N4O/c1-16-12-9(11(15-16)7-2-3-7)4-8(6-14-12)10(17)5-13/h4,6-7,10,17H,2-3,5,13H2,1H3. The van der Waals surface area contributed by atoms with Gasteiger partial charge in [-0.05, 0) is 18.9 Å².